The van der Waals surface area contributed by atoms with Crippen LogP contribution in [0.5, 0.6) is 0 Å². The summed E-state index contributed by atoms with van der Waals surface area (Å²) in [6, 6.07) is 1.81. The van der Waals surface area contributed by atoms with E-state index in [1.165, 1.54) is 16.2 Å². The van der Waals surface area contributed by atoms with Gasteiger partial charge in [0.25, 0.3) is 0 Å². The summed E-state index contributed by atoms with van der Waals surface area (Å²) in [5.41, 5.74) is 0.955. The number of thiophene rings is 1. The lowest BCUT2D eigenvalue weighted by molar-refractivity contribution is -0.142. The van der Waals surface area contributed by atoms with Gasteiger partial charge in [-0.05, 0) is 24.5 Å². The molecule has 1 heterocycles. The highest BCUT2D eigenvalue weighted by Gasteiger charge is 2.17. The van der Waals surface area contributed by atoms with Gasteiger partial charge in [0.05, 0.1) is 14.6 Å². The first-order chi connectivity index (χ1) is 9.31. The Balaban J connectivity index is 2.36. The van der Waals surface area contributed by atoms with E-state index in [0.29, 0.717) is 27.9 Å². The molecule has 0 bridgehead atoms. The van der Waals surface area contributed by atoms with Gasteiger partial charge in [0.1, 0.15) is 0 Å². The van der Waals surface area contributed by atoms with Crippen LogP contribution in [0, 0.1) is 5.92 Å². The van der Waals surface area contributed by atoms with Crippen LogP contribution < -0.4 is 0 Å². The summed E-state index contributed by atoms with van der Waals surface area (Å²) in [6.45, 7) is 1.80. The van der Waals surface area contributed by atoms with Crippen molar-refractivity contribution in [3.63, 3.8) is 0 Å². The van der Waals surface area contributed by atoms with Gasteiger partial charge in [-0.2, -0.15) is 0 Å². The molecule has 0 aliphatic heterocycles. The van der Waals surface area contributed by atoms with Crippen molar-refractivity contribution in [2.24, 2.45) is 5.92 Å². The molecule has 0 saturated heterocycles. The van der Waals surface area contributed by atoms with Gasteiger partial charge in [-0.15, -0.1) is 11.3 Å². The lowest BCUT2D eigenvalue weighted by Crippen LogP contribution is -2.33. The van der Waals surface area contributed by atoms with Gasteiger partial charge < -0.3 is 10.0 Å². The average Bonchev–Trinajstić information content (AvgIpc) is 2.67. The molecule has 1 aromatic rings. The first-order valence-corrected chi connectivity index (χ1v) is 7.79. The van der Waals surface area contributed by atoms with Gasteiger partial charge in [-0.3, -0.25) is 9.59 Å². The smallest absolute Gasteiger partial charge is 0.308 e. The molecule has 4 nitrogen and oxygen atoms in total. The van der Waals surface area contributed by atoms with E-state index in [1.54, 1.807) is 14.0 Å². The molecule has 0 saturated carbocycles. The third kappa shape index (κ3) is 5.31. The number of nitrogens with zero attached hydrogens (tertiary/aromatic N) is 1. The maximum atomic E-state index is 11.9. The second-order valence-electron chi connectivity index (χ2n) is 4.72. The Morgan fingerprint density at radius 1 is 1.45 bits per heavy atom. The predicted octanol–water partition coefficient (Wildman–Crippen LogP) is 3.56. The monoisotopic (exact) mass is 337 g/mol. The Hall–Kier alpha value is -0.780. The van der Waals surface area contributed by atoms with E-state index in [-0.39, 0.29) is 12.5 Å². The van der Waals surface area contributed by atoms with Gasteiger partial charge in [0, 0.05) is 20.0 Å². The number of carboxylic acids is 1. The molecule has 0 radical (unpaired) electrons. The molecular weight excluding hydrogens is 321 g/mol. The molecule has 1 N–H and O–H groups in total. The van der Waals surface area contributed by atoms with Crippen molar-refractivity contribution in [2.75, 3.05) is 13.6 Å². The molecular formula is C13H17Cl2NO3S. The fourth-order valence-corrected chi connectivity index (χ4v) is 3.30. The first kappa shape index (κ1) is 17.3. The molecule has 0 aromatic carbocycles. The minimum absolute atomic E-state index is 0.0597. The lowest BCUT2D eigenvalue weighted by Gasteiger charge is -2.19. The molecule has 0 aliphatic rings. The average molecular weight is 338 g/mol. The van der Waals surface area contributed by atoms with Crippen LogP contribution in [0.15, 0.2) is 6.07 Å². The normalized spacial score (nSPS) is 12.2. The number of rotatable bonds is 7. The Morgan fingerprint density at radius 3 is 2.60 bits per heavy atom. The van der Waals surface area contributed by atoms with Crippen LogP contribution in [-0.2, 0) is 16.0 Å². The van der Waals surface area contributed by atoms with Crippen LogP contribution in [0.1, 0.15) is 25.3 Å². The summed E-state index contributed by atoms with van der Waals surface area (Å²) in [7, 11) is 1.62. The van der Waals surface area contributed by atoms with Crippen molar-refractivity contribution in [1.82, 2.24) is 4.90 Å². The van der Waals surface area contributed by atoms with Crippen molar-refractivity contribution in [3.8, 4) is 0 Å². The van der Waals surface area contributed by atoms with E-state index in [4.69, 9.17) is 28.3 Å². The zero-order valence-corrected chi connectivity index (χ0v) is 13.7. The zero-order valence-electron chi connectivity index (χ0n) is 11.4. The molecule has 20 heavy (non-hydrogen) atoms. The molecule has 1 amide bonds. The van der Waals surface area contributed by atoms with E-state index in [2.05, 4.69) is 0 Å². The molecule has 1 unspecified atom stereocenters. The van der Waals surface area contributed by atoms with Gasteiger partial charge in [0.15, 0.2) is 0 Å². The number of halogens is 2. The number of carboxylic acid groups (broad SMARTS) is 1. The number of carbonyl (C=O) groups is 2. The standard InChI is InChI=1S/C13H17Cl2NO3S/c1-8(13(18)19)7-16(2)11(17)5-3-4-9-6-10(14)20-12(9)15/h6,8H,3-5,7H2,1-2H3,(H,18,19). The predicted molar refractivity (Wildman–Crippen MR) is 81.7 cm³/mol. The largest absolute Gasteiger partial charge is 0.481 e. The summed E-state index contributed by atoms with van der Waals surface area (Å²) < 4.78 is 1.30. The number of aryl methyl sites for hydroxylation is 1. The van der Waals surface area contributed by atoms with Gasteiger partial charge in [-0.1, -0.05) is 30.1 Å². The van der Waals surface area contributed by atoms with Crippen molar-refractivity contribution < 1.29 is 14.7 Å². The lowest BCUT2D eigenvalue weighted by atomic mass is 10.1. The van der Waals surface area contributed by atoms with Crippen molar-refractivity contribution in [2.45, 2.75) is 26.2 Å². The second kappa shape index (κ2) is 7.86. The third-order valence-corrected chi connectivity index (χ3v) is 4.53. The first-order valence-electron chi connectivity index (χ1n) is 6.21. The molecule has 1 aromatic heterocycles. The number of hydrogen-bond acceptors (Lipinski definition) is 3. The van der Waals surface area contributed by atoms with Crippen LogP contribution >= 0.6 is 34.5 Å². The summed E-state index contributed by atoms with van der Waals surface area (Å²) in [5.74, 6) is -1.52. The maximum absolute atomic E-state index is 11.9. The topological polar surface area (TPSA) is 57.6 Å². The maximum Gasteiger partial charge on any atom is 0.308 e. The Morgan fingerprint density at radius 2 is 2.10 bits per heavy atom. The van der Waals surface area contributed by atoms with Crippen LogP contribution in [0.25, 0.3) is 0 Å². The number of hydrogen-bond donors (Lipinski definition) is 1. The van der Waals surface area contributed by atoms with E-state index >= 15 is 0 Å². The highest BCUT2D eigenvalue weighted by Crippen LogP contribution is 2.32. The molecule has 1 rings (SSSR count). The van der Waals surface area contributed by atoms with Crippen LogP contribution in [-0.4, -0.2) is 35.5 Å². The number of amides is 1. The zero-order chi connectivity index (χ0) is 15.3. The fraction of sp³-hybridized carbons (Fsp3) is 0.538. The van der Waals surface area contributed by atoms with E-state index in [9.17, 15) is 9.59 Å². The summed E-state index contributed by atoms with van der Waals surface area (Å²) >= 11 is 13.2. The summed E-state index contributed by atoms with van der Waals surface area (Å²) in [5, 5.41) is 8.81. The number of carbonyl (C=O) groups excluding carboxylic acids is 1. The summed E-state index contributed by atoms with van der Waals surface area (Å²) in [4.78, 5) is 24.0. The van der Waals surface area contributed by atoms with Crippen molar-refractivity contribution in [3.05, 3.63) is 20.3 Å². The van der Waals surface area contributed by atoms with E-state index in [0.717, 1.165) is 5.56 Å². The van der Waals surface area contributed by atoms with Gasteiger partial charge in [-0.25, -0.2) is 0 Å². The second-order valence-corrected chi connectivity index (χ2v) is 7.00. The molecule has 0 spiro atoms. The fourth-order valence-electron chi connectivity index (χ4n) is 1.76. The number of aliphatic carboxylic acids is 1. The molecule has 0 fully saturated rings. The minimum Gasteiger partial charge on any atom is -0.481 e. The van der Waals surface area contributed by atoms with Crippen molar-refractivity contribution in [1.29, 1.82) is 0 Å². The van der Waals surface area contributed by atoms with E-state index < -0.39 is 11.9 Å². The molecule has 7 heteroatoms. The highest BCUT2D eigenvalue weighted by molar-refractivity contribution is 7.20. The Kier molecular flexibility index (Phi) is 6.79. The highest BCUT2D eigenvalue weighted by atomic mass is 35.5. The van der Waals surface area contributed by atoms with E-state index in [1.807, 2.05) is 6.07 Å². The van der Waals surface area contributed by atoms with Crippen LogP contribution in [0.2, 0.25) is 8.67 Å². The Bertz CT molecular complexity index is 490. The molecule has 112 valence electrons. The SMILES string of the molecule is CC(CN(C)C(=O)CCCc1cc(Cl)sc1Cl)C(=O)O. The molecule has 1 atom stereocenters. The summed E-state index contributed by atoms with van der Waals surface area (Å²) in [6.07, 6.45) is 1.72. The third-order valence-electron chi connectivity index (χ3n) is 2.96. The minimum atomic E-state index is -0.899. The van der Waals surface area contributed by atoms with Crippen molar-refractivity contribution >= 4 is 46.4 Å². The quantitative estimate of drug-likeness (QED) is 0.827. The van der Waals surface area contributed by atoms with Crippen LogP contribution in [0.3, 0.4) is 0 Å². The van der Waals surface area contributed by atoms with Crippen LogP contribution in [0.4, 0.5) is 0 Å². The van der Waals surface area contributed by atoms with Gasteiger partial charge in [0.2, 0.25) is 5.91 Å². The Labute approximate surface area is 132 Å². The van der Waals surface area contributed by atoms with Gasteiger partial charge >= 0.3 is 5.97 Å². The molecule has 0 aliphatic carbocycles.